The van der Waals surface area contributed by atoms with Gasteiger partial charge in [0.2, 0.25) is 0 Å². The zero-order valence-electron chi connectivity index (χ0n) is 9.13. The van der Waals surface area contributed by atoms with Crippen molar-refractivity contribution >= 4 is 11.8 Å². The van der Waals surface area contributed by atoms with Gasteiger partial charge >= 0.3 is 5.97 Å². The average molecular weight is 225 g/mol. The Hall–Kier alpha value is -1.69. The van der Waals surface area contributed by atoms with Crippen molar-refractivity contribution in [2.24, 2.45) is 0 Å². The monoisotopic (exact) mass is 225 g/mol. The number of aromatic nitrogens is 2. The molecule has 88 valence electrons. The third-order valence-electron chi connectivity index (χ3n) is 2.15. The van der Waals surface area contributed by atoms with Gasteiger partial charge in [-0.1, -0.05) is 0 Å². The first-order valence-corrected chi connectivity index (χ1v) is 5.02. The Morgan fingerprint density at radius 1 is 1.38 bits per heavy atom. The maximum absolute atomic E-state index is 10.5. The Morgan fingerprint density at radius 3 is 2.62 bits per heavy atom. The number of carboxylic acids is 1. The van der Waals surface area contributed by atoms with E-state index in [9.17, 15) is 4.79 Å². The molecule has 1 heterocycles. The number of carboxylic acid groups (broad SMARTS) is 1. The molecule has 16 heavy (non-hydrogen) atoms. The third-order valence-corrected chi connectivity index (χ3v) is 2.15. The lowest BCUT2D eigenvalue weighted by Crippen LogP contribution is -2.20. The fourth-order valence-corrected chi connectivity index (χ4v) is 1.20. The van der Waals surface area contributed by atoms with E-state index in [1.54, 1.807) is 0 Å². The van der Waals surface area contributed by atoms with Gasteiger partial charge in [0.15, 0.2) is 5.69 Å². The van der Waals surface area contributed by atoms with Gasteiger partial charge in [-0.05, 0) is 12.8 Å². The van der Waals surface area contributed by atoms with E-state index in [0.29, 0.717) is 5.82 Å². The fourth-order valence-electron chi connectivity index (χ4n) is 1.20. The van der Waals surface area contributed by atoms with E-state index in [1.165, 1.54) is 12.4 Å². The van der Waals surface area contributed by atoms with Crippen molar-refractivity contribution in [2.45, 2.75) is 12.8 Å². The first-order chi connectivity index (χ1) is 7.65. The molecule has 0 unspecified atom stereocenters. The van der Waals surface area contributed by atoms with Crippen LogP contribution in [0.2, 0.25) is 0 Å². The summed E-state index contributed by atoms with van der Waals surface area (Å²) in [5, 5.41) is 17.3. The predicted molar refractivity (Wildman–Crippen MR) is 58.6 cm³/mol. The second-order valence-corrected chi connectivity index (χ2v) is 3.42. The van der Waals surface area contributed by atoms with Crippen molar-refractivity contribution in [1.82, 2.24) is 9.97 Å². The van der Waals surface area contributed by atoms with Crippen LogP contribution >= 0.6 is 0 Å². The van der Waals surface area contributed by atoms with Gasteiger partial charge in [-0.3, -0.25) is 0 Å². The van der Waals surface area contributed by atoms with Crippen molar-refractivity contribution in [1.29, 1.82) is 0 Å². The van der Waals surface area contributed by atoms with Crippen LogP contribution in [0.4, 0.5) is 5.82 Å². The Labute approximate surface area is 93.6 Å². The molecule has 0 bridgehead atoms. The van der Waals surface area contributed by atoms with E-state index in [2.05, 4.69) is 9.97 Å². The summed E-state index contributed by atoms with van der Waals surface area (Å²) in [5.74, 6) is -0.454. The number of hydrogen-bond acceptors (Lipinski definition) is 5. The van der Waals surface area contributed by atoms with Gasteiger partial charge in [-0.25, -0.2) is 14.8 Å². The molecule has 0 amide bonds. The van der Waals surface area contributed by atoms with Crippen LogP contribution < -0.4 is 4.90 Å². The summed E-state index contributed by atoms with van der Waals surface area (Å²) in [6, 6.07) is 0. The van der Waals surface area contributed by atoms with Crippen LogP contribution in [0.25, 0.3) is 0 Å². The lowest BCUT2D eigenvalue weighted by molar-refractivity contribution is 0.0690. The highest BCUT2D eigenvalue weighted by atomic mass is 16.4. The van der Waals surface area contributed by atoms with Gasteiger partial charge in [0, 0.05) is 20.2 Å². The summed E-state index contributed by atoms with van der Waals surface area (Å²) in [4.78, 5) is 20.2. The minimum absolute atomic E-state index is 0.0625. The van der Waals surface area contributed by atoms with Gasteiger partial charge in [-0.2, -0.15) is 0 Å². The Morgan fingerprint density at radius 2 is 2.12 bits per heavy atom. The van der Waals surface area contributed by atoms with Crippen LogP contribution in [0.15, 0.2) is 12.4 Å². The molecule has 0 atom stereocenters. The van der Waals surface area contributed by atoms with Crippen LogP contribution in [-0.4, -0.2) is 46.3 Å². The van der Waals surface area contributed by atoms with Gasteiger partial charge in [0.1, 0.15) is 5.82 Å². The summed E-state index contributed by atoms with van der Waals surface area (Å²) >= 11 is 0. The maximum Gasteiger partial charge on any atom is 0.356 e. The highest BCUT2D eigenvalue weighted by Crippen LogP contribution is 2.07. The molecule has 0 aliphatic carbocycles. The summed E-state index contributed by atoms with van der Waals surface area (Å²) in [6.07, 6.45) is 4.27. The van der Waals surface area contributed by atoms with Crippen LogP contribution in [0.3, 0.4) is 0 Å². The van der Waals surface area contributed by atoms with Gasteiger partial charge in [0.05, 0.1) is 12.4 Å². The van der Waals surface area contributed by atoms with E-state index < -0.39 is 5.97 Å². The molecule has 2 N–H and O–H groups in total. The lowest BCUT2D eigenvalue weighted by Gasteiger charge is -2.17. The molecule has 6 heteroatoms. The Balaban J connectivity index is 2.56. The minimum Gasteiger partial charge on any atom is -0.476 e. The summed E-state index contributed by atoms with van der Waals surface area (Å²) in [6.45, 7) is 0.930. The average Bonchev–Trinajstić information content (AvgIpc) is 2.29. The predicted octanol–water partition coefficient (Wildman–Crippen LogP) is 0.384. The second-order valence-electron chi connectivity index (χ2n) is 3.42. The molecule has 0 aromatic carbocycles. The number of rotatable bonds is 6. The highest BCUT2D eigenvalue weighted by Gasteiger charge is 2.07. The molecule has 0 aliphatic rings. The van der Waals surface area contributed by atoms with Gasteiger partial charge < -0.3 is 15.1 Å². The molecule has 0 spiro atoms. The number of aliphatic hydroxyl groups excluding tert-OH is 1. The van der Waals surface area contributed by atoms with E-state index in [1.807, 2.05) is 11.9 Å². The normalized spacial score (nSPS) is 10.1. The zero-order valence-corrected chi connectivity index (χ0v) is 9.13. The number of aromatic carboxylic acids is 1. The maximum atomic E-state index is 10.5. The molecule has 1 aromatic rings. The van der Waals surface area contributed by atoms with E-state index in [-0.39, 0.29) is 12.3 Å². The first kappa shape index (κ1) is 12.4. The highest BCUT2D eigenvalue weighted by molar-refractivity contribution is 5.84. The molecule has 1 aromatic heterocycles. The molecule has 0 fully saturated rings. The molecule has 0 saturated carbocycles. The van der Waals surface area contributed by atoms with Gasteiger partial charge in [0.25, 0.3) is 0 Å². The smallest absolute Gasteiger partial charge is 0.356 e. The van der Waals surface area contributed by atoms with Crippen molar-refractivity contribution in [3.8, 4) is 0 Å². The first-order valence-electron chi connectivity index (χ1n) is 5.02. The van der Waals surface area contributed by atoms with Gasteiger partial charge in [-0.15, -0.1) is 0 Å². The van der Waals surface area contributed by atoms with Crippen LogP contribution in [0.5, 0.6) is 0 Å². The van der Waals surface area contributed by atoms with Crippen molar-refractivity contribution in [2.75, 3.05) is 25.1 Å². The largest absolute Gasteiger partial charge is 0.476 e. The minimum atomic E-state index is -1.08. The molecule has 1 rings (SSSR count). The number of carbonyl (C=O) groups is 1. The summed E-state index contributed by atoms with van der Waals surface area (Å²) in [5.41, 5.74) is -0.0625. The van der Waals surface area contributed by atoms with Crippen LogP contribution in [-0.2, 0) is 0 Å². The Kier molecular flexibility index (Phi) is 4.65. The van der Waals surface area contributed by atoms with E-state index in [4.69, 9.17) is 10.2 Å². The molecular formula is C10H15N3O3. The van der Waals surface area contributed by atoms with Crippen molar-refractivity contribution < 1.29 is 15.0 Å². The standard InChI is InChI=1S/C10H15N3O3/c1-13(4-2-3-5-14)9-7-11-8(6-12-9)10(15)16/h6-7,14H,2-5H2,1H3,(H,15,16). The van der Waals surface area contributed by atoms with E-state index in [0.717, 1.165) is 19.4 Å². The molecule has 0 radical (unpaired) electrons. The number of nitrogens with zero attached hydrogens (tertiary/aromatic N) is 3. The van der Waals surface area contributed by atoms with Crippen molar-refractivity contribution in [3.63, 3.8) is 0 Å². The number of hydrogen-bond donors (Lipinski definition) is 2. The SMILES string of the molecule is CN(CCCCO)c1cnc(C(=O)O)cn1. The second kappa shape index (κ2) is 6.02. The number of anilines is 1. The number of aliphatic hydroxyl groups is 1. The molecule has 6 nitrogen and oxygen atoms in total. The number of unbranched alkanes of at least 4 members (excludes halogenated alkanes) is 1. The quantitative estimate of drug-likeness (QED) is 0.681. The van der Waals surface area contributed by atoms with Crippen molar-refractivity contribution in [3.05, 3.63) is 18.1 Å². The Bertz CT molecular complexity index is 340. The third kappa shape index (κ3) is 3.47. The topological polar surface area (TPSA) is 86.5 Å². The van der Waals surface area contributed by atoms with Crippen LogP contribution in [0.1, 0.15) is 23.3 Å². The zero-order chi connectivity index (χ0) is 12.0. The lowest BCUT2D eigenvalue weighted by atomic mass is 10.3. The molecule has 0 aliphatic heterocycles. The summed E-state index contributed by atoms with van der Waals surface area (Å²) in [7, 11) is 1.85. The van der Waals surface area contributed by atoms with E-state index >= 15 is 0 Å². The molecular weight excluding hydrogens is 210 g/mol. The van der Waals surface area contributed by atoms with Crippen LogP contribution in [0, 0.1) is 0 Å². The fraction of sp³-hybridized carbons (Fsp3) is 0.500. The molecule has 0 saturated heterocycles. The summed E-state index contributed by atoms with van der Waals surface area (Å²) < 4.78 is 0.